The second kappa shape index (κ2) is 9.00. The largest absolute Gasteiger partial charge is 0.369 e. The molecule has 1 aliphatic rings. The molecule has 27 heavy (non-hydrogen) atoms. The zero-order chi connectivity index (χ0) is 19.2. The quantitative estimate of drug-likeness (QED) is 0.843. The van der Waals surface area contributed by atoms with Crippen molar-refractivity contribution in [3.63, 3.8) is 0 Å². The minimum absolute atomic E-state index is 0.00969. The predicted molar refractivity (Wildman–Crippen MR) is 107 cm³/mol. The lowest BCUT2D eigenvalue weighted by Gasteiger charge is -2.40. The van der Waals surface area contributed by atoms with Gasteiger partial charge in [-0.05, 0) is 41.8 Å². The van der Waals surface area contributed by atoms with Gasteiger partial charge >= 0.3 is 0 Å². The predicted octanol–water partition coefficient (Wildman–Crippen LogP) is 3.74. The van der Waals surface area contributed by atoms with Gasteiger partial charge in [0.1, 0.15) is 5.82 Å². The average molecular weight is 369 g/mol. The van der Waals surface area contributed by atoms with Crippen LogP contribution in [0.4, 0.5) is 10.1 Å². The maximum Gasteiger partial charge on any atom is 0.217 e. The van der Waals surface area contributed by atoms with Crippen LogP contribution >= 0.6 is 0 Å². The number of anilines is 1. The molecule has 1 N–H and O–H groups in total. The number of nitrogens with zero attached hydrogens (tertiary/aromatic N) is 2. The van der Waals surface area contributed by atoms with Crippen molar-refractivity contribution in [2.75, 3.05) is 31.1 Å². The minimum Gasteiger partial charge on any atom is -0.369 e. The monoisotopic (exact) mass is 369 g/mol. The van der Waals surface area contributed by atoms with Gasteiger partial charge in [0, 0.05) is 51.4 Å². The summed E-state index contributed by atoms with van der Waals surface area (Å²) in [7, 11) is 0. The number of amides is 1. The Balaban J connectivity index is 1.60. The Kier molecular flexibility index (Phi) is 6.45. The summed E-state index contributed by atoms with van der Waals surface area (Å²) < 4.78 is 13.1. The Morgan fingerprint density at radius 1 is 1.04 bits per heavy atom. The van der Waals surface area contributed by atoms with Gasteiger partial charge in [0.05, 0.1) is 0 Å². The topological polar surface area (TPSA) is 35.6 Å². The van der Waals surface area contributed by atoms with E-state index in [1.165, 1.54) is 24.6 Å². The van der Waals surface area contributed by atoms with Crippen LogP contribution in [0.1, 0.15) is 37.4 Å². The molecule has 0 aliphatic carbocycles. The van der Waals surface area contributed by atoms with Gasteiger partial charge < -0.3 is 10.2 Å². The van der Waals surface area contributed by atoms with Crippen LogP contribution in [-0.4, -0.2) is 37.0 Å². The highest BCUT2D eigenvalue weighted by molar-refractivity contribution is 5.72. The van der Waals surface area contributed by atoms with Crippen LogP contribution in [-0.2, 0) is 11.3 Å². The molecule has 3 rings (SSSR count). The Bertz CT molecular complexity index is 737. The van der Waals surface area contributed by atoms with E-state index >= 15 is 0 Å². The molecule has 144 valence electrons. The van der Waals surface area contributed by atoms with Gasteiger partial charge in [0.15, 0.2) is 0 Å². The lowest BCUT2D eigenvalue weighted by atomic mass is 10.00. The number of piperazine rings is 1. The highest BCUT2D eigenvalue weighted by Gasteiger charge is 2.24. The van der Waals surface area contributed by atoms with Crippen LogP contribution in [0.2, 0.25) is 0 Å². The molecule has 0 spiro atoms. The first-order valence-electron chi connectivity index (χ1n) is 9.64. The lowest BCUT2D eigenvalue weighted by Crippen LogP contribution is -2.47. The van der Waals surface area contributed by atoms with Gasteiger partial charge in [-0.3, -0.25) is 9.69 Å². The Morgan fingerprint density at radius 2 is 1.67 bits per heavy atom. The molecule has 5 heteroatoms. The third-order valence-corrected chi connectivity index (χ3v) is 5.24. The fourth-order valence-corrected chi connectivity index (χ4v) is 3.73. The molecule has 2 aromatic carbocycles. The lowest BCUT2D eigenvalue weighted by molar-refractivity contribution is -0.119. The number of hydrogen-bond donors (Lipinski definition) is 1. The molecule has 1 aliphatic heterocycles. The molecule has 1 heterocycles. The summed E-state index contributed by atoms with van der Waals surface area (Å²) in [5.41, 5.74) is 3.52. The SMILES string of the molecule is CCC(c1ccc(CNC(C)=O)cc1)N1CCN(c2ccc(F)cc2)CC1. The summed E-state index contributed by atoms with van der Waals surface area (Å²) in [5.74, 6) is -0.199. The van der Waals surface area contributed by atoms with E-state index in [1.54, 1.807) is 0 Å². The number of carbonyl (C=O) groups is 1. The van der Waals surface area contributed by atoms with E-state index in [4.69, 9.17) is 0 Å². The van der Waals surface area contributed by atoms with Gasteiger partial charge in [0.25, 0.3) is 0 Å². The van der Waals surface area contributed by atoms with Crippen LogP contribution in [0.15, 0.2) is 48.5 Å². The smallest absolute Gasteiger partial charge is 0.217 e. The summed E-state index contributed by atoms with van der Waals surface area (Å²) in [6.45, 7) is 8.20. The van der Waals surface area contributed by atoms with Gasteiger partial charge in [-0.15, -0.1) is 0 Å². The summed E-state index contributed by atoms with van der Waals surface area (Å²) in [6, 6.07) is 15.7. The standard InChI is InChI=1S/C22H28FN3O/c1-3-22(19-6-4-18(5-7-19)16-24-17(2)27)26-14-12-25(13-15-26)21-10-8-20(23)9-11-21/h4-11,22H,3,12-16H2,1-2H3,(H,24,27). The zero-order valence-electron chi connectivity index (χ0n) is 16.1. The molecular formula is C22H28FN3O. The van der Waals surface area contributed by atoms with Gasteiger partial charge in [0.2, 0.25) is 5.91 Å². The third-order valence-electron chi connectivity index (χ3n) is 5.24. The average Bonchev–Trinajstić information content (AvgIpc) is 2.69. The normalized spacial score (nSPS) is 16.2. The van der Waals surface area contributed by atoms with E-state index < -0.39 is 0 Å². The summed E-state index contributed by atoms with van der Waals surface area (Å²) in [5, 5.41) is 2.83. The van der Waals surface area contributed by atoms with Crippen LogP contribution in [0.3, 0.4) is 0 Å². The first-order valence-corrected chi connectivity index (χ1v) is 9.64. The first kappa shape index (κ1) is 19.4. The molecule has 0 aromatic heterocycles. The fourth-order valence-electron chi connectivity index (χ4n) is 3.73. The second-order valence-electron chi connectivity index (χ2n) is 7.07. The fraction of sp³-hybridized carbons (Fsp3) is 0.409. The summed E-state index contributed by atoms with van der Waals surface area (Å²) >= 11 is 0. The maximum absolute atomic E-state index is 13.1. The molecule has 1 saturated heterocycles. The van der Waals surface area contributed by atoms with Gasteiger partial charge in [-0.25, -0.2) is 4.39 Å². The number of nitrogens with one attached hydrogen (secondary N) is 1. The maximum atomic E-state index is 13.1. The van der Waals surface area contributed by atoms with E-state index in [0.29, 0.717) is 12.6 Å². The number of benzene rings is 2. The van der Waals surface area contributed by atoms with Crippen molar-refractivity contribution < 1.29 is 9.18 Å². The van der Waals surface area contributed by atoms with Crippen molar-refractivity contribution >= 4 is 11.6 Å². The van der Waals surface area contributed by atoms with Crippen LogP contribution < -0.4 is 10.2 Å². The highest BCUT2D eigenvalue weighted by atomic mass is 19.1. The van der Waals surface area contributed by atoms with E-state index in [0.717, 1.165) is 43.9 Å². The Hall–Kier alpha value is -2.40. The number of carbonyl (C=O) groups excluding carboxylic acids is 1. The van der Waals surface area contributed by atoms with Crippen molar-refractivity contribution in [2.45, 2.75) is 32.9 Å². The highest BCUT2D eigenvalue weighted by Crippen LogP contribution is 2.27. The molecule has 4 nitrogen and oxygen atoms in total. The van der Waals surface area contributed by atoms with E-state index in [2.05, 4.69) is 46.3 Å². The molecule has 0 radical (unpaired) electrons. The van der Waals surface area contributed by atoms with E-state index in [1.807, 2.05) is 12.1 Å². The number of hydrogen-bond acceptors (Lipinski definition) is 3. The van der Waals surface area contributed by atoms with Crippen LogP contribution in [0, 0.1) is 5.82 Å². The molecular weight excluding hydrogens is 341 g/mol. The molecule has 1 unspecified atom stereocenters. The van der Waals surface area contributed by atoms with Crippen LogP contribution in [0.25, 0.3) is 0 Å². The number of rotatable bonds is 6. The molecule has 1 atom stereocenters. The third kappa shape index (κ3) is 5.07. The van der Waals surface area contributed by atoms with Crippen molar-refractivity contribution in [1.82, 2.24) is 10.2 Å². The van der Waals surface area contributed by atoms with Gasteiger partial charge in [-0.2, -0.15) is 0 Å². The molecule has 1 fully saturated rings. The molecule has 0 saturated carbocycles. The van der Waals surface area contributed by atoms with Crippen LogP contribution in [0.5, 0.6) is 0 Å². The molecule has 0 bridgehead atoms. The number of halogens is 1. The molecule has 2 aromatic rings. The van der Waals surface area contributed by atoms with Gasteiger partial charge in [-0.1, -0.05) is 31.2 Å². The van der Waals surface area contributed by atoms with Crippen molar-refractivity contribution in [3.8, 4) is 0 Å². The zero-order valence-corrected chi connectivity index (χ0v) is 16.1. The summed E-state index contributed by atoms with van der Waals surface area (Å²) in [6.07, 6.45) is 1.06. The van der Waals surface area contributed by atoms with Crippen molar-refractivity contribution in [1.29, 1.82) is 0 Å². The second-order valence-corrected chi connectivity index (χ2v) is 7.07. The van der Waals surface area contributed by atoms with Crippen molar-refractivity contribution in [3.05, 3.63) is 65.5 Å². The summed E-state index contributed by atoms with van der Waals surface area (Å²) in [4.78, 5) is 15.9. The van der Waals surface area contributed by atoms with E-state index in [-0.39, 0.29) is 11.7 Å². The first-order chi connectivity index (χ1) is 13.1. The van der Waals surface area contributed by atoms with E-state index in [9.17, 15) is 9.18 Å². The Morgan fingerprint density at radius 3 is 2.22 bits per heavy atom. The van der Waals surface area contributed by atoms with Crippen molar-refractivity contribution in [2.24, 2.45) is 0 Å². The Labute approximate surface area is 161 Å². The molecule has 1 amide bonds. The minimum atomic E-state index is -0.189.